The molecule has 0 bridgehead atoms. The zero-order valence-corrected chi connectivity index (χ0v) is 53.6. The lowest BCUT2D eigenvalue weighted by Crippen LogP contribution is -2.14. The standard InChI is InChI=1S/C74H98O17/c1-4-68(75)85-53-31-22-16-11-7-9-14-20-28-50-82-63-44-38-60(39-45-63)72(79)90-65-48-49-67(91-73(80)61-40-46-64(47-41-61)83-51-29-21-15-10-8-12-17-23-32-54-86-69(76)5-2)66(58-65)74(81)89-57-35-25-19-13-18-24-34-56-88-71(78)59-36-42-62(43-37-59)84-52-30-26-27-33-55-87-70(77)6-3/h4-6,36-49,58H,1-3,7-35,50-57H2. The summed E-state index contributed by atoms with van der Waals surface area (Å²) in [6.07, 6.45) is 32.1. The fraction of sp³-hybridized carbons (Fsp3) is 0.500. The minimum absolute atomic E-state index is 0.0554. The summed E-state index contributed by atoms with van der Waals surface area (Å²) < 4.78 is 55.4. The lowest BCUT2D eigenvalue weighted by atomic mass is 10.1. The summed E-state index contributed by atoms with van der Waals surface area (Å²) in [7, 11) is 0. The van der Waals surface area contributed by atoms with Crippen molar-refractivity contribution in [1.29, 1.82) is 0 Å². The van der Waals surface area contributed by atoms with Crippen LogP contribution in [-0.4, -0.2) is 94.6 Å². The van der Waals surface area contributed by atoms with Gasteiger partial charge >= 0.3 is 41.8 Å². The van der Waals surface area contributed by atoms with E-state index in [0.29, 0.717) is 75.5 Å². The van der Waals surface area contributed by atoms with E-state index in [1.165, 1.54) is 36.8 Å². The third-order valence-electron chi connectivity index (χ3n) is 14.8. The van der Waals surface area contributed by atoms with Gasteiger partial charge in [-0.15, -0.1) is 0 Å². The average Bonchev–Trinajstić information content (AvgIpc) is 1.64. The number of unbranched alkanes of at least 4 members (excludes halogenated alkanes) is 25. The van der Waals surface area contributed by atoms with Crippen molar-refractivity contribution in [3.63, 3.8) is 0 Å². The van der Waals surface area contributed by atoms with Crippen molar-refractivity contribution in [3.8, 4) is 28.7 Å². The van der Waals surface area contributed by atoms with E-state index in [-0.39, 0.29) is 52.7 Å². The third kappa shape index (κ3) is 35.1. The largest absolute Gasteiger partial charge is 0.494 e. The maximum absolute atomic E-state index is 13.7. The molecule has 0 saturated carbocycles. The van der Waals surface area contributed by atoms with E-state index in [4.69, 9.17) is 47.4 Å². The Balaban J connectivity index is 1.18. The molecule has 17 nitrogen and oxygen atoms in total. The summed E-state index contributed by atoms with van der Waals surface area (Å²) in [5.74, 6) is -1.72. The number of hydrogen-bond donors (Lipinski definition) is 0. The fourth-order valence-corrected chi connectivity index (χ4v) is 9.49. The Morgan fingerprint density at radius 3 is 0.835 bits per heavy atom. The average molecular weight is 1260 g/mol. The number of carbonyl (C=O) groups excluding carboxylic acids is 7. The highest BCUT2D eigenvalue weighted by Crippen LogP contribution is 2.28. The van der Waals surface area contributed by atoms with Crippen LogP contribution in [-0.2, 0) is 38.1 Å². The van der Waals surface area contributed by atoms with Crippen LogP contribution in [0.5, 0.6) is 28.7 Å². The van der Waals surface area contributed by atoms with Crippen LogP contribution in [0.3, 0.4) is 0 Å². The molecule has 4 aromatic carbocycles. The van der Waals surface area contributed by atoms with Crippen molar-refractivity contribution < 1.29 is 80.9 Å². The predicted molar refractivity (Wildman–Crippen MR) is 350 cm³/mol. The smallest absolute Gasteiger partial charge is 0.343 e. The Bertz CT molecular complexity index is 2750. The quantitative estimate of drug-likeness (QED) is 0.0132. The van der Waals surface area contributed by atoms with Gasteiger partial charge in [0.05, 0.1) is 69.5 Å². The topological polar surface area (TPSA) is 212 Å². The SMILES string of the molecule is C=CC(=O)OCCCCCCCCCCCOc1ccc(C(=O)Oc2ccc(OC(=O)c3ccc(OCCCCCCCCCCCOC(=O)C=C)cc3)c(C(=O)OCCCCCCCCCOC(=O)c3ccc(OCCCCCCOC(=O)C=C)cc3)c2)cc1. The first-order chi connectivity index (χ1) is 44.5. The Morgan fingerprint density at radius 1 is 0.264 bits per heavy atom. The molecule has 0 atom stereocenters. The van der Waals surface area contributed by atoms with E-state index < -0.39 is 23.9 Å². The molecule has 0 unspecified atom stereocenters. The van der Waals surface area contributed by atoms with Gasteiger partial charge in [-0.3, -0.25) is 0 Å². The molecule has 0 spiro atoms. The molecule has 0 aliphatic carbocycles. The van der Waals surface area contributed by atoms with Gasteiger partial charge < -0.3 is 47.4 Å². The van der Waals surface area contributed by atoms with Crippen LogP contribution >= 0.6 is 0 Å². The second-order valence-corrected chi connectivity index (χ2v) is 22.2. The maximum Gasteiger partial charge on any atom is 0.343 e. The zero-order chi connectivity index (χ0) is 65.2. The van der Waals surface area contributed by atoms with Crippen molar-refractivity contribution in [1.82, 2.24) is 0 Å². The monoisotopic (exact) mass is 1260 g/mol. The van der Waals surface area contributed by atoms with Crippen molar-refractivity contribution in [3.05, 3.63) is 151 Å². The Morgan fingerprint density at radius 2 is 0.516 bits per heavy atom. The molecule has 0 aliphatic heterocycles. The van der Waals surface area contributed by atoms with E-state index in [2.05, 4.69) is 19.7 Å². The van der Waals surface area contributed by atoms with E-state index in [9.17, 15) is 33.6 Å². The van der Waals surface area contributed by atoms with Gasteiger partial charge in [0.2, 0.25) is 0 Å². The van der Waals surface area contributed by atoms with Gasteiger partial charge in [0.1, 0.15) is 34.3 Å². The normalized spacial score (nSPS) is 10.7. The summed E-state index contributed by atoms with van der Waals surface area (Å²) in [4.78, 5) is 86.6. The first-order valence-electron chi connectivity index (χ1n) is 33.0. The highest BCUT2D eigenvalue weighted by atomic mass is 16.6. The lowest BCUT2D eigenvalue weighted by molar-refractivity contribution is -0.138. The van der Waals surface area contributed by atoms with Crippen molar-refractivity contribution in [2.45, 2.75) is 186 Å². The highest BCUT2D eigenvalue weighted by Gasteiger charge is 2.21. The molecule has 17 heteroatoms. The summed E-state index contributed by atoms with van der Waals surface area (Å²) >= 11 is 0. The van der Waals surface area contributed by atoms with Gasteiger partial charge in [0.15, 0.2) is 0 Å². The molecular formula is C74H98O17. The van der Waals surface area contributed by atoms with Crippen LogP contribution in [0.4, 0.5) is 0 Å². The summed E-state index contributed by atoms with van der Waals surface area (Å²) in [6.45, 7) is 13.5. The Labute approximate surface area is 539 Å². The van der Waals surface area contributed by atoms with E-state index in [0.717, 1.165) is 179 Å². The molecule has 91 heavy (non-hydrogen) atoms. The van der Waals surface area contributed by atoms with Gasteiger partial charge in [0.25, 0.3) is 0 Å². The van der Waals surface area contributed by atoms with Crippen LogP contribution in [0.15, 0.2) is 129 Å². The van der Waals surface area contributed by atoms with Crippen LogP contribution in [0, 0.1) is 0 Å². The number of carbonyl (C=O) groups is 7. The molecule has 0 fully saturated rings. The molecule has 0 saturated heterocycles. The van der Waals surface area contributed by atoms with E-state index in [1.54, 1.807) is 72.8 Å². The van der Waals surface area contributed by atoms with Gasteiger partial charge in [-0.2, -0.15) is 0 Å². The van der Waals surface area contributed by atoms with Crippen molar-refractivity contribution in [2.24, 2.45) is 0 Å². The van der Waals surface area contributed by atoms with Gasteiger partial charge in [-0.25, -0.2) is 33.6 Å². The van der Waals surface area contributed by atoms with Crippen LogP contribution in [0.2, 0.25) is 0 Å². The molecule has 0 aromatic heterocycles. The fourth-order valence-electron chi connectivity index (χ4n) is 9.49. The number of ether oxygens (including phenoxy) is 10. The highest BCUT2D eigenvalue weighted by molar-refractivity contribution is 5.97. The van der Waals surface area contributed by atoms with Gasteiger partial charge in [-0.1, -0.05) is 142 Å². The number of benzene rings is 4. The molecule has 496 valence electrons. The zero-order valence-electron chi connectivity index (χ0n) is 53.6. The number of rotatable bonds is 53. The number of esters is 7. The predicted octanol–water partition coefficient (Wildman–Crippen LogP) is 16.8. The minimum atomic E-state index is -0.742. The first kappa shape index (κ1) is 75.2. The van der Waals surface area contributed by atoms with Crippen molar-refractivity contribution in [2.75, 3.05) is 52.9 Å². The molecule has 0 heterocycles. The maximum atomic E-state index is 13.7. The second kappa shape index (κ2) is 48.6. The van der Waals surface area contributed by atoms with E-state index in [1.807, 2.05) is 0 Å². The Kier molecular flexibility index (Phi) is 40.2. The lowest BCUT2D eigenvalue weighted by Gasteiger charge is -2.13. The van der Waals surface area contributed by atoms with E-state index >= 15 is 0 Å². The molecule has 4 aromatic rings. The van der Waals surface area contributed by atoms with Gasteiger partial charge in [-0.05, 0) is 155 Å². The van der Waals surface area contributed by atoms with Gasteiger partial charge in [0, 0.05) is 18.2 Å². The minimum Gasteiger partial charge on any atom is -0.494 e. The number of hydrogen-bond acceptors (Lipinski definition) is 17. The second-order valence-electron chi connectivity index (χ2n) is 22.2. The van der Waals surface area contributed by atoms with Crippen LogP contribution < -0.4 is 23.7 Å². The molecule has 0 radical (unpaired) electrons. The molecular weight excluding hydrogens is 1160 g/mol. The summed E-state index contributed by atoms with van der Waals surface area (Å²) in [5.41, 5.74) is 0.891. The Hall–Kier alpha value is -8.21. The van der Waals surface area contributed by atoms with Crippen LogP contribution in [0.1, 0.15) is 228 Å². The van der Waals surface area contributed by atoms with Crippen molar-refractivity contribution >= 4 is 41.8 Å². The summed E-state index contributed by atoms with van der Waals surface area (Å²) in [6, 6.07) is 24.4. The molecule has 4 rings (SSSR count). The summed E-state index contributed by atoms with van der Waals surface area (Å²) in [5, 5.41) is 0. The first-order valence-corrected chi connectivity index (χ1v) is 33.0. The molecule has 0 amide bonds. The van der Waals surface area contributed by atoms with Crippen LogP contribution in [0.25, 0.3) is 0 Å². The third-order valence-corrected chi connectivity index (χ3v) is 14.8. The molecule has 0 N–H and O–H groups in total. The molecule has 0 aliphatic rings.